The van der Waals surface area contributed by atoms with Gasteiger partial charge in [0, 0.05) is 25.4 Å². The van der Waals surface area contributed by atoms with E-state index in [2.05, 4.69) is 4.98 Å². The number of anilines is 1. The van der Waals surface area contributed by atoms with Gasteiger partial charge in [0.15, 0.2) is 0 Å². The van der Waals surface area contributed by atoms with Crippen molar-refractivity contribution in [3.05, 3.63) is 23.9 Å². The Hall–Kier alpha value is -0.800. The maximum atomic E-state index is 9.25. The lowest BCUT2D eigenvalue weighted by Gasteiger charge is -2.21. The molecule has 0 radical (unpaired) electrons. The quantitative estimate of drug-likeness (QED) is 0.775. The Morgan fingerprint density at radius 1 is 1.64 bits per heavy atom. The van der Waals surface area contributed by atoms with Gasteiger partial charge in [-0.3, -0.25) is 0 Å². The van der Waals surface area contributed by atoms with Crippen molar-refractivity contribution < 1.29 is 5.11 Å². The first-order chi connectivity index (χ1) is 6.65. The van der Waals surface area contributed by atoms with Crippen LogP contribution < -0.4 is 4.90 Å². The molecule has 0 saturated heterocycles. The number of alkyl halides is 1. The molecule has 1 rings (SSSR count). The number of aromatic nitrogens is 1. The highest BCUT2D eigenvalue weighted by Crippen LogP contribution is 2.17. The summed E-state index contributed by atoms with van der Waals surface area (Å²) in [7, 11) is 1.89. The molecular formula is C10H15ClN2O. The van der Waals surface area contributed by atoms with E-state index in [-0.39, 0.29) is 6.10 Å². The van der Waals surface area contributed by atoms with Gasteiger partial charge in [0.1, 0.15) is 5.82 Å². The van der Waals surface area contributed by atoms with Crippen LogP contribution in [0.4, 0.5) is 5.82 Å². The fourth-order valence-corrected chi connectivity index (χ4v) is 1.57. The van der Waals surface area contributed by atoms with Crippen molar-refractivity contribution in [2.24, 2.45) is 0 Å². The van der Waals surface area contributed by atoms with Crippen LogP contribution in [0.5, 0.6) is 0 Å². The van der Waals surface area contributed by atoms with E-state index in [9.17, 15) is 5.11 Å². The summed E-state index contributed by atoms with van der Waals surface area (Å²) in [5, 5.41) is 9.25. The first-order valence-corrected chi connectivity index (χ1v) is 5.07. The molecule has 78 valence electrons. The van der Waals surface area contributed by atoms with Crippen LogP contribution in [0.2, 0.25) is 0 Å². The van der Waals surface area contributed by atoms with E-state index in [1.807, 2.05) is 24.1 Å². The first-order valence-electron chi connectivity index (χ1n) is 4.54. The number of pyridine rings is 1. The molecule has 0 aromatic carbocycles. The van der Waals surface area contributed by atoms with Crippen LogP contribution in [0.1, 0.15) is 12.5 Å². The predicted octanol–water partition coefficient (Wildman–Crippen LogP) is 1.64. The van der Waals surface area contributed by atoms with Gasteiger partial charge >= 0.3 is 0 Å². The van der Waals surface area contributed by atoms with E-state index in [1.54, 1.807) is 13.1 Å². The molecule has 0 amide bonds. The third kappa shape index (κ3) is 2.86. The zero-order chi connectivity index (χ0) is 10.6. The van der Waals surface area contributed by atoms with Gasteiger partial charge in [-0.1, -0.05) is 6.07 Å². The minimum absolute atomic E-state index is 0.370. The third-order valence-corrected chi connectivity index (χ3v) is 2.20. The fourth-order valence-electron chi connectivity index (χ4n) is 1.36. The van der Waals surface area contributed by atoms with Gasteiger partial charge in [-0.2, -0.15) is 0 Å². The van der Waals surface area contributed by atoms with Crippen LogP contribution in [-0.2, 0) is 5.88 Å². The topological polar surface area (TPSA) is 36.4 Å². The summed E-state index contributed by atoms with van der Waals surface area (Å²) in [6.45, 7) is 2.31. The minimum Gasteiger partial charge on any atom is -0.392 e. The second kappa shape index (κ2) is 5.17. The van der Waals surface area contributed by atoms with Crippen LogP contribution in [-0.4, -0.2) is 29.8 Å². The Morgan fingerprint density at radius 2 is 2.36 bits per heavy atom. The zero-order valence-electron chi connectivity index (χ0n) is 8.44. The Morgan fingerprint density at radius 3 is 2.93 bits per heavy atom. The normalized spacial score (nSPS) is 12.6. The second-order valence-corrected chi connectivity index (χ2v) is 3.62. The first kappa shape index (κ1) is 11.3. The maximum Gasteiger partial charge on any atom is 0.132 e. The smallest absolute Gasteiger partial charge is 0.132 e. The molecule has 1 atom stereocenters. The zero-order valence-corrected chi connectivity index (χ0v) is 9.20. The van der Waals surface area contributed by atoms with Crippen LogP contribution in [0, 0.1) is 0 Å². The van der Waals surface area contributed by atoms with Gasteiger partial charge in [0.25, 0.3) is 0 Å². The van der Waals surface area contributed by atoms with E-state index in [4.69, 9.17) is 11.6 Å². The molecule has 1 N–H and O–H groups in total. The largest absolute Gasteiger partial charge is 0.392 e. The standard InChI is InChI=1S/C10H15ClN2O/c1-8(14)7-13(2)10-9(6-11)4-3-5-12-10/h3-5,8,14H,6-7H2,1-2H3. The number of likely N-dealkylation sites (N-methyl/N-ethyl adjacent to an activating group) is 1. The minimum atomic E-state index is -0.370. The average molecular weight is 215 g/mol. The van der Waals surface area contributed by atoms with Gasteiger partial charge < -0.3 is 10.0 Å². The summed E-state index contributed by atoms with van der Waals surface area (Å²) in [5.74, 6) is 1.27. The van der Waals surface area contributed by atoms with Crippen LogP contribution >= 0.6 is 11.6 Å². The number of nitrogens with zero attached hydrogens (tertiary/aromatic N) is 2. The number of aliphatic hydroxyl groups is 1. The molecule has 0 aliphatic heterocycles. The number of halogens is 1. The summed E-state index contributed by atoms with van der Waals surface area (Å²) in [6, 6.07) is 3.80. The molecule has 1 unspecified atom stereocenters. The van der Waals surface area contributed by atoms with Crippen molar-refractivity contribution in [2.45, 2.75) is 18.9 Å². The number of aliphatic hydroxyl groups excluding tert-OH is 1. The monoisotopic (exact) mass is 214 g/mol. The number of hydrogen-bond donors (Lipinski definition) is 1. The number of hydrogen-bond acceptors (Lipinski definition) is 3. The van der Waals surface area contributed by atoms with Crippen molar-refractivity contribution in [3.63, 3.8) is 0 Å². The number of rotatable bonds is 4. The summed E-state index contributed by atoms with van der Waals surface area (Å²) < 4.78 is 0. The second-order valence-electron chi connectivity index (χ2n) is 3.35. The van der Waals surface area contributed by atoms with Crippen LogP contribution in [0.25, 0.3) is 0 Å². The highest BCUT2D eigenvalue weighted by molar-refractivity contribution is 6.17. The van der Waals surface area contributed by atoms with Gasteiger partial charge in [0.05, 0.1) is 12.0 Å². The van der Waals surface area contributed by atoms with Gasteiger partial charge in [-0.05, 0) is 13.0 Å². The Bertz CT molecular complexity index is 291. The highest BCUT2D eigenvalue weighted by Gasteiger charge is 2.09. The summed E-state index contributed by atoms with van der Waals surface area (Å²) in [4.78, 5) is 6.14. The predicted molar refractivity (Wildman–Crippen MR) is 58.7 cm³/mol. The lowest BCUT2D eigenvalue weighted by atomic mass is 10.2. The average Bonchev–Trinajstić information content (AvgIpc) is 2.16. The summed E-state index contributed by atoms with van der Waals surface area (Å²) in [6.07, 6.45) is 1.36. The molecule has 0 aliphatic carbocycles. The fraction of sp³-hybridized carbons (Fsp3) is 0.500. The molecule has 0 aliphatic rings. The Balaban J connectivity index is 2.82. The van der Waals surface area contributed by atoms with Gasteiger partial charge in [0.2, 0.25) is 0 Å². The molecule has 0 bridgehead atoms. The van der Waals surface area contributed by atoms with Crippen LogP contribution in [0.3, 0.4) is 0 Å². The molecule has 3 nitrogen and oxygen atoms in total. The highest BCUT2D eigenvalue weighted by atomic mass is 35.5. The molecule has 1 aromatic heterocycles. The molecule has 0 saturated carbocycles. The van der Waals surface area contributed by atoms with Crippen molar-refractivity contribution in [3.8, 4) is 0 Å². The third-order valence-electron chi connectivity index (χ3n) is 1.91. The van der Waals surface area contributed by atoms with Gasteiger partial charge in [-0.25, -0.2) is 4.98 Å². The molecule has 14 heavy (non-hydrogen) atoms. The SMILES string of the molecule is CC(O)CN(C)c1ncccc1CCl. The Labute approximate surface area is 89.3 Å². The van der Waals surface area contributed by atoms with Crippen molar-refractivity contribution >= 4 is 17.4 Å². The van der Waals surface area contributed by atoms with Crippen molar-refractivity contribution in [2.75, 3.05) is 18.5 Å². The van der Waals surface area contributed by atoms with Crippen molar-refractivity contribution in [1.29, 1.82) is 0 Å². The Kier molecular flexibility index (Phi) is 4.17. The van der Waals surface area contributed by atoms with Crippen LogP contribution in [0.15, 0.2) is 18.3 Å². The van der Waals surface area contributed by atoms with E-state index in [0.29, 0.717) is 12.4 Å². The summed E-state index contributed by atoms with van der Waals surface area (Å²) in [5.41, 5.74) is 0.984. The molecule has 1 aromatic rings. The van der Waals surface area contributed by atoms with Crippen molar-refractivity contribution in [1.82, 2.24) is 4.98 Å². The lowest BCUT2D eigenvalue weighted by Crippen LogP contribution is -2.28. The molecule has 4 heteroatoms. The van der Waals surface area contributed by atoms with Gasteiger partial charge in [-0.15, -0.1) is 11.6 Å². The van der Waals surface area contributed by atoms with E-state index in [0.717, 1.165) is 11.4 Å². The maximum absolute atomic E-state index is 9.25. The summed E-state index contributed by atoms with van der Waals surface area (Å²) >= 11 is 5.78. The molecular weight excluding hydrogens is 200 g/mol. The van der Waals surface area contributed by atoms with E-state index >= 15 is 0 Å². The molecule has 0 spiro atoms. The lowest BCUT2D eigenvalue weighted by molar-refractivity contribution is 0.201. The van der Waals surface area contributed by atoms with E-state index < -0.39 is 0 Å². The molecule has 1 heterocycles. The van der Waals surface area contributed by atoms with E-state index in [1.165, 1.54) is 0 Å². The molecule has 0 fully saturated rings.